The molecule has 0 bridgehead atoms. The Bertz CT molecular complexity index is 250. The molecule has 1 atom stereocenters. The monoisotopic (exact) mass is 226 g/mol. The highest BCUT2D eigenvalue weighted by molar-refractivity contribution is 4.62. The first-order valence-electron chi connectivity index (χ1n) is 5.96. The van der Waals surface area contributed by atoms with Gasteiger partial charge in [-0.05, 0) is 33.2 Å². The number of nitrogens with zero attached hydrogens (tertiary/aromatic N) is 3. The maximum absolute atomic E-state index is 5.33. The molecule has 16 heavy (non-hydrogen) atoms. The summed E-state index contributed by atoms with van der Waals surface area (Å²) >= 11 is 0. The third-order valence-electron chi connectivity index (χ3n) is 2.37. The van der Waals surface area contributed by atoms with E-state index in [1.807, 2.05) is 11.5 Å². The number of rotatable bonds is 9. The molecule has 5 heteroatoms. The van der Waals surface area contributed by atoms with Gasteiger partial charge in [0.2, 0.25) is 0 Å². The summed E-state index contributed by atoms with van der Waals surface area (Å²) in [5.41, 5.74) is 0. The first-order chi connectivity index (χ1) is 7.83. The summed E-state index contributed by atoms with van der Waals surface area (Å²) in [4.78, 5) is 0. The van der Waals surface area contributed by atoms with Crippen molar-refractivity contribution >= 4 is 0 Å². The second-order valence-corrected chi connectivity index (χ2v) is 3.92. The number of ether oxygens (including phenoxy) is 1. The van der Waals surface area contributed by atoms with Crippen molar-refractivity contribution in [2.45, 2.75) is 39.3 Å². The van der Waals surface area contributed by atoms with Gasteiger partial charge >= 0.3 is 0 Å². The van der Waals surface area contributed by atoms with Crippen molar-refractivity contribution in [1.82, 2.24) is 20.1 Å². The van der Waals surface area contributed by atoms with E-state index < -0.39 is 0 Å². The van der Waals surface area contributed by atoms with Crippen LogP contribution in [0.4, 0.5) is 0 Å². The zero-order valence-electron chi connectivity index (χ0n) is 10.2. The van der Waals surface area contributed by atoms with Crippen molar-refractivity contribution in [3.8, 4) is 0 Å². The average Bonchev–Trinajstić information content (AvgIpc) is 2.79. The molecule has 0 aliphatic heterocycles. The van der Waals surface area contributed by atoms with E-state index in [9.17, 15) is 0 Å². The van der Waals surface area contributed by atoms with E-state index in [2.05, 4.69) is 22.4 Å². The van der Waals surface area contributed by atoms with Crippen LogP contribution in [0.5, 0.6) is 0 Å². The Morgan fingerprint density at radius 1 is 1.31 bits per heavy atom. The Kier molecular flexibility index (Phi) is 6.76. The number of unbranched alkanes of at least 4 members (excludes halogenated alkanes) is 1. The van der Waals surface area contributed by atoms with Gasteiger partial charge in [0.25, 0.3) is 0 Å². The maximum atomic E-state index is 5.33. The molecule has 1 N–H and O–H groups in total. The summed E-state index contributed by atoms with van der Waals surface area (Å²) in [5.74, 6) is 0. The summed E-state index contributed by atoms with van der Waals surface area (Å²) in [6.45, 7) is 7.79. The van der Waals surface area contributed by atoms with E-state index in [1.54, 1.807) is 12.7 Å². The number of aromatic nitrogens is 3. The van der Waals surface area contributed by atoms with Gasteiger partial charge in [-0.2, -0.15) is 0 Å². The van der Waals surface area contributed by atoms with Gasteiger partial charge in [0.1, 0.15) is 12.7 Å². The second-order valence-electron chi connectivity index (χ2n) is 3.92. The van der Waals surface area contributed by atoms with Crippen molar-refractivity contribution in [2.75, 3.05) is 19.8 Å². The normalized spacial score (nSPS) is 12.9. The summed E-state index contributed by atoms with van der Waals surface area (Å²) in [5, 5.41) is 11.0. The van der Waals surface area contributed by atoms with Crippen LogP contribution in [0.3, 0.4) is 0 Å². The number of hydrogen-bond acceptors (Lipinski definition) is 4. The lowest BCUT2D eigenvalue weighted by Crippen LogP contribution is -2.31. The molecule has 0 saturated heterocycles. The maximum Gasteiger partial charge on any atom is 0.119 e. The third kappa shape index (κ3) is 5.82. The molecular weight excluding hydrogens is 204 g/mol. The molecule has 0 aromatic carbocycles. The first kappa shape index (κ1) is 13.1. The first-order valence-corrected chi connectivity index (χ1v) is 5.96. The molecule has 1 rings (SSSR count). The SMILES string of the molecule is CCOCC(C)NCCCCn1cnnc1. The van der Waals surface area contributed by atoms with E-state index in [0.29, 0.717) is 6.04 Å². The van der Waals surface area contributed by atoms with Crippen LogP contribution in [0.15, 0.2) is 12.7 Å². The largest absolute Gasteiger partial charge is 0.380 e. The lowest BCUT2D eigenvalue weighted by molar-refractivity contribution is 0.127. The van der Waals surface area contributed by atoms with Gasteiger partial charge in [-0.15, -0.1) is 10.2 Å². The average molecular weight is 226 g/mol. The lowest BCUT2D eigenvalue weighted by Gasteiger charge is -2.13. The fourth-order valence-electron chi connectivity index (χ4n) is 1.46. The number of nitrogens with one attached hydrogen (secondary N) is 1. The Labute approximate surface area is 97.2 Å². The Morgan fingerprint density at radius 2 is 2.06 bits per heavy atom. The molecule has 5 nitrogen and oxygen atoms in total. The quantitative estimate of drug-likeness (QED) is 0.640. The molecule has 0 aliphatic carbocycles. The molecular formula is C11H22N4O. The minimum atomic E-state index is 0.440. The van der Waals surface area contributed by atoms with Crippen molar-refractivity contribution in [3.05, 3.63) is 12.7 Å². The van der Waals surface area contributed by atoms with Crippen molar-refractivity contribution in [2.24, 2.45) is 0 Å². The van der Waals surface area contributed by atoms with Crippen molar-refractivity contribution < 1.29 is 4.74 Å². The fraction of sp³-hybridized carbons (Fsp3) is 0.818. The predicted octanol–water partition coefficient (Wildman–Crippen LogP) is 1.07. The molecule has 92 valence electrons. The van der Waals surface area contributed by atoms with Crippen LogP contribution in [0, 0.1) is 0 Å². The van der Waals surface area contributed by atoms with Gasteiger partial charge < -0.3 is 14.6 Å². The highest BCUT2D eigenvalue weighted by Crippen LogP contribution is 1.93. The van der Waals surface area contributed by atoms with Crippen LogP contribution in [0.1, 0.15) is 26.7 Å². The van der Waals surface area contributed by atoms with Crippen LogP contribution in [0.2, 0.25) is 0 Å². The van der Waals surface area contributed by atoms with Gasteiger partial charge in [-0.3, -0.25) is 0 Å². The molecule has 1 heterocycles. The van der Waals surface area contributed by atoms with Crippen molar-refractivity contribution in [3.63, 3.8) is 0 Å². The van der Waals surface area contributed by atoms with E-state index in [4.69, 9.17) is 4.74 Å². The lowest BCUT2D eigenvalue weighted by atomic mass is 10.3. The Balaban J connectivity index is 1.91. The Hall–Kier alpha value is -0.940. The molecule has 1 aromatic rings. The van der Waals surface area contributed by atoms with Crippen molar-refractivity contribution in [1.29, 1.82) is 0 Å². The van der Waals surface area contributed by atoms with Crippen LogP contribution in [0.25, 0.3) is 0 Å². The van der Waals surface area contributed by atoms with E-state index >= 15 is 0 Å². The molecule has 1 unspecified atom stereocenters. The van der Waals surface area contributed by atoms with E-state index in [1.165, 1.54) is 0 Å². The summed E-state index contributed by atoms with van der Waals surface area (Å²) in [6, 6.07) is 0.440. The van der Waals surface area contributed by atoms with Gasteiger partial charge in [0.05, 0.1) is 6.61 Å². The molecule has 0 fully saturated rings. The standard InChI is InChI=1S/C11H22N4O/c1-3-16-8-11(2)12-6-4-5-7-15-9-13-14-10-15/h9-12H,3-8H2,1-2H3. The van der Waals surface area contributed by atoms with E-state index in [0.717, 1.165) is 39.1 Å². The molecule has 1 aromatic heterocycles. The second kappa shape index (κ2) is 8.24. The van der Waals surface area contributed by atoms with Crippen LogP contribution in [-0.4, -0.2) is 40.6 Å². The molecule has 0 aliphatic rings. The third-order valence-corrected chi connectivity index (χ3v) is 2.37. The van der Waals surface area contributed by atoms with Gasteiger partial charge in [0, 0.05) is 19.2 Å². The van der Waals surface area contributed by atoms with Crippen LogP contribution >= 0.6 is 0 Å². The smallest absolute Gasteiger partial charge is 0.119 e. The van der Waals surface area contributed by atoms with Gasteiger partial charge in [0.15, 0.2) is 0 Å². The fourth-order valence-corrected chi connectivity index (χ4v) is 1.46. The molecule has 0 amide bonds. The highest BCUT2D eigenvalue weighted by Gasteiger charge is 1.99. The minimum Gasteiger partial charge on any atom is -0.380 e. The summed E-state index contributed by atoms with van der Waals surface area (Å²) in [6.07, 6.45) is 5.82. The zero-order chi connectivity index (χ0) is 11.6. The van der Waals surface area contributed by atoms with Gasteiger partial charge in [-0.1, -0.05) is 0 Å². The van der Waals surface area contributed by atoms with E-state index in [-0.39, 0.29) is 0 Å². The topological polar surface area (TPSA) is 52.0 Å². The Morgan fingerprint density at radius 3 is 2.75 bits per heavy atom. The molecule has 0 saturated carbocycles. The highest BCUT2D eigenvalue weighted by atomic mass is 16.5. The molecule has 0 radical (unpaired) electrons. The van der Waals surface area contributed by atoms with Crippen LogP contribution in [-0.2, 0) is 11.3 Å². The number of aryl methyl sites for hydroxylation is 1. The summed E-state index contributed by atoms with van der Waals surface area (Å²) < 4.78 is 7.33. The molecule has 0 spiro atoms. The van der Waals surface area contributed by atoms with Gasteiger partial charge in [-0.25, -0.2) is 0 Å². The minimum absolute atomic E-state index is 0.440. The summed E-state index contributed by atoms with van der Waals surface area (Å²) in [7, 11) is 0. The zero-order valence-corrected chi connectivity index (χ0v) is 10.2. The number of hydrogen-bond donors (Lipinski definition) is 1. The van der Waals surface area contributed by atoms with Crippen LogP contribution < -0.4 is 5.32 Å². The predicted molar refractivity (Wildman–Crippen MR) is 63.2 cm³/mol.